The average molecular weight is 441 g/mol. The fourth-order valence-electron chi connectivity index (χ4n) is 3.03. The van der Waals surface area contributed by atoms with E-state index in [2.05, 4.69) is 15.7 Å². The minimum atomic E-state index is -0.443. The van der Waals surface area contributed by atoms with Crippen LogP contribution < -0.4 is 10.6 Å². The molecule has 0 fully saturated rings. The fourth-order valence-corrected chi connectivity index (χ4v) is 3.37. The first-order chi connectivity index (χ1) is 14.8. The van der Waals surface area contributed by atoms with Gasteiger partial charge in [-0.15, -0.1) is 0 Å². The molecule has 2 amide bonds. The van der Waals surface area contributed by atoms with Crippen molar-refractivity contribution in [1.82, 2.24) is 15.1 Å². The lowest BCUT2D eigenvalue weighted by Gasteiger charge is -2.11. The van der Waals surface area contributed by atoms with Gasteiger partial charge in [0.15, 0.2) is 0 Å². The zero-order valence-corrected chi connectivity index (χ0v) is 18.1. The molecule has 0 saturated heterocycles. The van der Waals surface area contributed by atoms with Crippen LogP contribution >= 0.6 is 11.6 Å². The molecule has 0 bridgehead atoms. The van der Waals surface area contributed by atoms with Gasteiger partial charge in [-0.2, -0.15) is 5.10 Å². The van der Waals surface area contributed by atoms with Crippen molar-refractivity contribution in [2.24, 2.45) is 0 Å². The lowest BCUT2D eigenvalue weighted by atomic mass is 10.1. The van der Waals surface area contributed by atoms with Gasteiger partial charge < -0.3 is 10.6 Å². The van der Waals surface area contributed by atoms with Gasteiger partial charge in [-0.05, 0) is 62.2 Å². The number of aryl methyl sites for hydroxylation is 3. The number of rotatable bonds is 6. The summed E-state index contributed by atoms with van der Waals surface area (Å²) in [6.07, 6.45) is 2.82. The molecular weight excluding hydrogens is 419 g/mol. The zero-order valence-electron chi connectivity index (χ0n) is 17.4. The molecule has 0 saturated carbocycles. The van der Waals surface area contributed by atoms with Crippen LogP contribution in [0.2, 0.25) is 5.15 Å². The number of para-hydroxylation sites is 1. The topological polar surface area (TPSA) is 76.0 Å². The van der Waals surface area contributed by atoms with Gasteiger partial charge in [-0.1, -0.05) is 29.8 Å². The normalized spacial score (nSPS) is 11.0. The number of benzene rings is 2. The van der Waals surface area contributed by atoms with E-state index in [1.807, 2.05) is 32.0 Å². The van der Waals surface area contributed by atoms with E-state index in [-0.39, 0.29) is 18.3 Å². The Kier molecular flexibility index (Phi) is 6.87. The Labute approximate surface area is 184 Å². The third kappa shape index (κ3) is 5.38. The molecule has 1 aromatic heterocycles. The van der Waals surface area contributed by atoms with Crippen molar-refractivity contribution in [1.29, 1.82) is 0 Å². The quantitative estimate of drug-likeness (QED) is 0.559. The number of halogens is 2. The van der Waals surface area contributed by atoms with E-state index in [1.54, 1.807) is 19.1 Å². The Morgan fingerprint density at radius 3 is 2.39 bits per heavy atom. The van der Waals surface area contributed by atoms with E-state index in [9.17, 15) is 14.0 Å². The van der Waals surface area contributed by atoms with Crippen LogP contribution in [0.25, 0.3) is 11.8 Å². The lowest BCUT2D eigenvalue weighted by molar-refractivity contribution is -0.121. The molecule has 0 atom stereocenters. The Morgan fingerprint density at radius 1 is 1.10 bits per heavy atom. The third-order valence-corrected chi connectivity index (χ3v) is 5.05. The lowest BCUT2D eigenvalue weighted by Crippen LogP contribution is -2.32. The molecule has 0 aliphatic rings. The monoisotopic (exact) mass is 440 g/mol. The van der Waals surface area contributed by atoms with E-state index < -0.39 is 5.91 Å². The molecule has 3 aromatic rings. The summed E-state index contributed by atoms with van der Waals surface area (Å²) in [5.74, 6) is -1.12. The van der Waals surface area contributed by atoms with Gasteiger partial charge in [-0.3, -0.25) is 9.59 Å². The summed E-state index contributed by atoms with van der Waals surface area (Å²) < 4.78 is 14.6. The number of hydrogen-bond acceptors (Lipinski definition) is 3. The zero-order chi connectivity index (χ0) is 22.5. The van der Waals surface area contributed by atoms with E-state index in [0.29, 0.717) is 22.1 Å². The van der Waals surface area contributed by atoms with Gasteiger partial charge in [0.1, 0.15) is 11.0 Å². The summed E-state index contributed by atoms with van der Waals surface area (Å²) in [5, 5.41) is 9.99. The Balaban J connectivity index is 1.62. The number of nitrogens with zero attached hydrogens (tertiary/aromatic N) is 2. The number of anilines is 1. The molecule has 0 unspecified atom stereocenters. The predicted molar refractivity (Wildman–Crippen MR) is 120 cm³/mol. The van der Waals surface area contributed by atoms with Gasteiger partial charge in [-0.25, -0.2) is 9.07 Å². The molecule has 0 radical (unpaired) electrons. The summed E-state index contributed by atoms with van der Waals surface area (Å²) in [4.78, 5) is 24.3. The minimum Gasteiger partial charge on any atom is -0.343 e. The smallest absolute Gasteiger partial charge is 0.244 e. The van der Waals surface area contributed by atoms with Crippen LogP contribution in [-0.2, 0) is 9.59 Å². The molecule has 8 heteroatoms. The summed E-state index contributed by atoms with van der Waals surface area (Å²) >= 11 is 6.39. The first-order valence-electron chi connectivity index (χ1n) is 9.59. The summed E-state index contributed by atoms with van der Waals surface area (Å²) in [6.45, 7) is 5.39. The van der Waals surface area contributed by atoms with Crippen LogP contribution in [-0.4, -0.2) is 28.1 Å². The second kappa shape index (κ2) is 9.57. The SMILES string of the molecule is Cc1cccc(C)c1NC(=O)CNC(=O)/C=C/c1c(C)nn(-c2ccc(F)cc2)c1Cl. The van der Waals surface area contributed by atoms with Gasteiger partial charge >= 0.3 is 0 Å². The van der Waals surface area contributed by atoms with Crippen molar-refractivity contribution < 1.29 is 14.0 Å². The van der Waals surface area contributed by atoms with Crippen LogP contribution in [0, 0.1) is 26.6 Å². The van der Waals surface area contributed by atoms with Crippen molar-refractivity contribution in [3.8, 4) is 5.69 Å². The van der Waals surface area contributed by atoms with Gasteiger partial charge in [0, 0.05) is 17.3 Å². The van der Waals surface area contributed by atoms with Crippen molar-refractivity contribution >= 4 is 35.2 Å². The fraction of sp³-hybridized carbons (Fsp3) is 0.174. The highest BCUT2D eigenvalue weighted by Gasteiger charge is 2.13. The molecule has 0 spiro atoms. The molecule has 2 N–H and O–H groups in total. The average Bonchev–Trinajstić information content (AvgIpc) is 3.02. The van der Waals surface area contributed by atoms with Gasteiger partial charge in [0.05, 0.1) is 17.9 Å². The number of amides is 2. The number of aromatic nitrogens is 2. The third-order valence-electron chi connectivity index (χ3n) is 4.69. The van der Waals surface area contributed by atoms with E-state index in [1.165, 1.54) is 29.0 Å². The van der Waals surface area contributed by atoms with Crippen LogP contribution in [0.1, 0.15) is 22.4 Å². The predicted octanol–water partition coefficient (Wildman–Crippen LogP) is 4.36. The van der Waals surface area contributed by atoms with E-state index in [0.717, 1.165) is 16.8 Å². The largest absolute Gasteiger partial charge is 0.343 e. The maximum absolute atomic E-state index is 13.1. The first kappa shape index (κ1) is 22.2. The van der Waals surface area contributed by atoms with E-state index >= 15 is 0 Å². The highest BCUT2D eigenvalue weighted by atomic mass is 35.5. The Hall–Kier alpha value is -3.45. The number of hydrogen-bond donors (Lipinski definition) is 2. The van der Waals surface area contributed by atoms with Crippen LogP contribution in [0.3, 0.4) is 0 Å². The molecular formula is C23H22ClFN4O2. The van der Waals surface area contributed by atoms with Crippen LogP contribution in [0.15, 0.2) is 48.5 Å². The number of carbonyl (C=O) groups excluding carboxylic acids is 2. The first-order valence-corrected chi connectivity index (χ1v) is 9.97. The van der Waals surface area contributed by atoms with Crippen molar-refractivity contribution in [3.05, 3.63) is 81.9 Å². The minimum absolute atomic E-state index is 0.168. The van der Waals surface area contributed by atoms with Gasteiger partial charge in [0.25, 0.3) is 0 Å². The molecule has 2 aromatic carbocycles. The number of nitrogens with one attached hydrogen (secondary N) is 2. The second-order valence-electron chi connectivity index (χ2n) is 7.04. The maximum Gasteiger partial charge on any atom is 0.244 e. The molecule has 1 heterocycles. The van der Waals surface area contributed by atoms with Crippen LogP contribution in [0.4, 0.5) is 10.1 Å². The molecule has 0 aliphatic carbocycles. The van der Waals surface area contributed by atoms with Crippen molar-refractivity contribution in [2.45, 2.75) is 20.8 Å². The molecule has 0 aliphatic heterocycles. The second-order valence-corrected chi connectivity index (χ2v) is 7.40. The number of carbonyl (C=O) groups is 2. The summed E-state index contributed by atoms with van der Waals surface area (Å²) in [5.41, 5.74) is 4.40. The molecule has 6 nitrogen and oxygen atoms in total. The Morgan fingerprint density at radius 2 is 1.74 bits per heavy atom. The van der Waals surface area contributed by atoms with Gasteiger partial charge in [0.2, 0.25) is 11.8 Å². The standard InChI is InChI=1S/C23H22ClFN4O2/c1-14-5-4-6-15(2)22(14)27-21(31)13-26-20(30)12-11-19-16(3)28-29(23(19)24)18-9-7-17(25)8-10-18/h4-12H,13H2,1-3H3,(H,26,30)(H,27,31)/b12-11+. The molecule has 3 rings (SSSR count). The highest BCUT2D eigenvalue weighted by molar-refractivity contribution is 6.31. The Bertz CT molecular complexity index is 1130. The maximum atomic E-state index is 13.1. The highest BCUT2D eigenvalue weighted by Crippen LogP contribution is 2.25. The molecule has 160 valence electrons. The van der Waals surface area contributed by atoms with Crippen LogP contribution in [0.5, 0.6) is 0 Å². The summed E-state index contributed by atoms with van der Waals surface area (Å²) in [6, 6.07) is 11.5. The van der Waals surface area contributed by atoms with Crippen molar-refractivity contribution in [2.75, 3.05) is 11.9 Å². The molecule has 31 heavy (non-hydrogen) atoms. The van der Waals surface area contributed by atoms with E-state index in [4.69, 9.17) is 11.6 Å². The summed E-state index contributed by atoms with van der Waals surface area (Å²) in [7, 11) is 0. The van der Waals surface area contributed by atoms with Crippen molar-refractivity contribution in [3.63, 3.8) is 0 Å².